The van der Waals surface area contributed by atoms with E-state index in [2.05, 4.69) is 27.2 Å². The standard InChI is InChI=1S/C25H31N5O5/c1-25(24-27-23(35-29-24)16-7-8-16)11-13-30(14-12-25)21(31)6-4-5-20-26-22(28-34-20)17-9-10-18(32-2)19(15-17)33-3/h9-10,15-16H,4-8,11-14H2,1-3H3. The molecule has 0 bridgehead atoms. The molecule has 3 heterocycles. The van der Waals surface area contributed by atoms with Crippen LogP contribution < -0.4 is 9.47 Å². The quantitative estimate of drug-likeness (QED) is 0.448. The third-order valence-corrected chi connectivity index (χ3v) is 7.02. The second-order valence-corrected chi connectivity index (χ2v) is 9.61. The molecule has 1 saturated heterocycles. The van der Waals surface area contributed by atoms with Gasteiger partial charge in [-0.3, -0.25) is 4.79 Å². The minimum Gasteiger partial charge on any atom is -0.493 e. The van der Waals surface area contributed by atoms with Crippen LogP contribution in [-0.2, 0) is 16.6 Å². The van der Waals surface area contributed by atoms with Gasteiger partial charge in [-0.15, -0.1) is 0 Å². The van der Waals surface area contributed by atoms with Gasteiger partial charge in [0.15, 0.2) is 17.3 Å². The maximum atomic E-state index is 12.8. The van der Waals surface area contributed by atoms with Gasteiger partial charge in [0.25, 0.3) is 0 Å². The molecular weight excluding hydrogens is 450 g/mol. The highest BCUT2D eigenvalue weighted by Crippen LogP contribution is 2.41. The van der Waals surface area contributed by atoms with Gasteiger partial charge >= 0.3 is 0 Å². The first kappa shape index (κ1) is 23.3. The Kier molecular flexibility index (Phi) is 6.44. The fourth-order valence-corrected chi connectivity index (χ4v) is 4.45. The highest BCUT2D eigenvalue weighted by Gasteiger charge is 2.39. The Balaban J connectivity index is 1.10. The summed E-state index contributed by atoms with van der Waals surface area (Å²) in [7, 11) is 3.17. The molecule has 0 radical (unpaired) electrons. The number of hydrogen-bond acceptors (Lipinski definition) is 9. The van der Waals surface area contributed by atoms with Gasteiger partial charge in [0, 0.05) is 42.8 Å². The van der Waals surface area contributed by atoms with Crippen molar-refractivity contribution < 1.29 is 23.3 Å². The zero-order valence-corrected chi connectivity index (χ0v) is 20.5. The van der Waals surface area contributed by atoms with Crippen LogP contribution in [0.25, 0.3) is 11.4 Å². The lowest BCUT2D eigenvalue weighted by atomic mass is 9.79. The Morgan fingerprint density at radius 1 is 1.09 bits per heavy atom. The second-order valence-electron chi connectivity index (χ2n) is 9.61. The van der Waals surface area contributed by atoms with Crippen LogP contribution in [-0.4, -0.2) is 58.4 Å². The molecule has 1 aliphatic carbocycles. The van der Waals surface area contributed by atoms with Crippen LogP contribution in [0.5, 0.6) is 11.5 Å². The van der Waals surface area contributed by atoms with E-state index in [-0.39, 0.29) is 11.3 Å². The highest BCUT2D eigenvalue weighted by molar-refractivity contribution is 5.76. The summed E-state index contributed by atoms with van der Waals surface area (Å²) >= 11 is 0. The van der Waals surface area contributed by atoms with E-state index in [0.717, 1.165) is 43.0 Å². The fourth-order valence-electron chi connectivity index (χ4n) is 4.45. The molecule has 10 heteroatoms. The molecule has 1 saturated carbocycles. The van der Waals surface area contributed by atoms with Gasteiger partial charge in [-0.25, -0.2) is 0 Å². The monoisotopic (exact) mass is 481 g/mol. The summed E-state index contributed by atoms with van der Waals surface area (Å²) in [5.41, 5.74) is 0.633. The minimum atomic E-state index is -0.141. The lowest BCUT2D eigenvalue weighted by molar-refractivity contribution is -0.132. The lowest BCUT2D eigenvalue weighted by Crippen LogP contribution is -2.44. The highest BCUT2D eigenvalue weighted by atomic mass is 16.5. The SMILES string of the molecule is COc1ccc(-c2noc(CCCC(=O)N3CCC(C)(c4noc(C5CC5)n4)CC3)n2)cc1OC. The minimum absolute atomic E-state index is 0.141. The summed E-state index contributed by atoms with van der Waals surface area (Å²) in [5, 5.41) is 8.31. The Bertz CT molecular complexity index is 1180. The van der Waals surface area contributed by atoms with Gasteiger partial charge in [0.1, 0.15) is 0 Å². The molecule has 3 aromatic rings. The molecule has 10 nitrogen and oxygen atoms in total. The van der Waals surface area contributed by atoms with Crippen LogP contribution in [0.1, 0.15) is 69.0 Å². The van der Waals surface area contributed by atoms with Crippen molar-refractivity contribution in [1.29, 1.82) is 0 Å². The third kappa shape index (κ3) is 5.01. The normalized spacial score (nSPS) is 17.4. The molecule has 2 aromatic heterocycles. The number of piperidine rings is 1. The van der Waals surface area contributed by atoms with Crippen molar-refractivity contribution >= 4 is 5.91 Å². The zero-order valence-electron chi connectivity index (χ0n) is 20.5. The maximum Gasteiger partial charge on any atom is 0.229 e. The number of methoxy groups -OCH3 is 2. The molecule has 0 unspecified atom stereocenters. The average Bonchev–Trinajstić information content (AvgIpc) is 3.40. The number of aromatic nitrogens is 4. The zero-order chi connectivity index (χ0) is 24.4. The van der Waals surface area contributed by atoms with Crippen molar-refractivity contribution in [2.45, 2.75) is 63.2 Å². The predicted molar refractivity (Wildman–Crippen MR) is 125 cm³/mol. The third-order valence-electron chi connectivity index (χ3n) is 7.02. The number of aryl methyl sites for hydroxylation is 1. The van der Waals surface area contributed by atoms with Crippen LogP contribution in [0, 0.1) is 0 Å². The summed E-state index contributed by atoms with van der Waals surface area (Å²) in [4.78, 5) is 23.8. The van der Waals surface area contributed by atoms with E-state index in [1.54, 1.807) is 20.3 Å². The molecule has 0 atom stereocenters. The van der Waals surface area contributed by atoms with E-state index in [4.69, 9.17) is 18.5 Å². The number of carbonyl (C=O) groups is 1. The Morgan fingerprint density at radius 2 is 1.86 bits per heavy atom. The Hall–Kier alpha value is -3.43. The molecule has 0 spiro atoms. The maximum absolute atomic E-state index is 12.8. The van der Waals surface area contributed by atoms with Gasteiger partial charge in [-0.1, -0.05) is 17.2 Å². The number of likely N-dealkylation sites (tertiary alicyclic amines) is 1. The van der Waals surface area contributed by atoms with Gasteiger partial charge < -0.3 is 23.4 Å². The molecular formula is C25H31N5O5. The molecule has 35 heavy (non-hydrogen) atoms. The number of nitrogens with zero attached hydrogens (tertiary/aromatic N) is 5. The van der Waals surface area contributed by atoms with Gasteiger partial charge in [-0.05, 0) is 50.3 Å². The van der Waals surface area contributed by atoms with Crippen LogP contribution >= 0.6 is 0 Å². The predicted octanol–water partition coefficient (Wildman–Crippen LogP) is 3.92. The molecule has 186 valence electrons. The van der Waals surface area contributed by atoms with Crippen molar-refractivity contribution in [2.75, 3.05) is 27.3 Å². The van der Waals surface area contributed by atoms with E-state index in [1.165, 1.54) is 0 Å². The second kappa shape index (κ2) is 9.67. The average molecular weight is 482 g/mol. The van der Waals surface area contributed by atoms with Crippen molar-refractivity contribution in [3.63, 3.8) is 0 Å². The molecule has 5 rings (SSSR count). The van der Waals surface area contributed by atoms with E-state index in [9.17, 15) is 4.79 Å². The smallest absolute Gasteiger partial charge is 0.229 e. The molecule has 2 aliphatic rings. The van der Waals surface area contributed by atoms with Gasteiger partial charge in [0.2, 0.25) is 23.5 Å². The first-order chi connectivity index (χ1) is 17.0. The largest absolute Gasteiger partial charge is 0.493 e. The summed E-state index contributed by atoms with van der Waals surface area (Å²) in [6, 6.07) is 5.46. The molecule has 1 aliphatic heterocycles. The van der Waals surface area contributed by atoms with Crippen LogP contribution in [0.4, 0.5) is 0 Å². The topological polar surface area (TPSA) is 117 Å². The van der Waals surface area contributed by atoms with Crippen molar-refractivity contribution in [3.05, 3.63) is 35.8 Å². The van der Waals surface area contributed by atoms with Gasteiger partial charge in [0.05, 0.1) is 14.2 Å². The summed E-state index contributed by atoms with van der Waals surface area (Å²) in [5.74, 6) is 4.39. The number of benzene rings is 1. The Morgan fingerprint density at radius 3 is 2.57 bits per heavy atom. The molecule has 1 aromatic carbocycles. The first-order valence-corrected chi connectivity index (χ1v) is 12.2. The van der Waals surface area contributed by atoms with E-state index >= 15 is 0 Å². The first-order valence-electron chi connectivity index (χ1n) is 12.2. The van der Waals surface area contributed by atoms with Crippen molar-refractivity contribution in [1.82, 2.24) is 25.2 Å². The van der Waals surface area contributed by atoms with Crippen LogP contribution in [0.2, 0.25) is 0 Å². The Labute approximate surface area is 204 Å². The van der Waals surface area contributed by atoms with Crippen LogP contribution in [0.3, 0.4) is 0 Å². The van der Waals surface area contributed by atoms with Crippen molar-refractivity contribution in [3.8, 4) is 22.9 Å². The van der Waals surface area contributed by atoms with Gasteiger partial charge in [-0.2, -0.15) is 9.97 Å². The lowest BCUT2D eigenvalue weighted by Gasteiger charge is -2.37. The summed E-state index contributed by atoms with van der Waals surface area (Å²) < 4.78 is 21.5. The number of ether oxygens (including phenoxy) is 2. The number of amides is 1. The molecule has 1 amide bonds. The van der Waals surface area contributed by atoms with E-state index < -0.39 is 0 Å². The fraction of sp³-hybridized carbons (Fsp3) is 0.560. The number of hydrogen-bond donors (Lipinski definition) is 0. The molecule has 2 fully saturated rings. The van der Waals surface area contributed by atoms with Crippen molar-refractivity contribution in [2.24, 2.45) is 0 Å². The van der Waals surface area contributed by atoms with E-state index in [1.807, 2.05) is 17.0 Å². The number of carbonyl (C=O) groups excluding carboxylic acids is 1. The van der Waals surface area contributed by atoms with E-state index in [0.29, 0.717) is 61.5 Å². The van der Waals surface area contributed by atoms with Crippen LogP contribution in [0.15, 0.2) is 27.2 Å². The summed E-state index contributed by atoms with van der Waals surface area (Å²) in [6.45, 7) is 3.57. The summed E-state index contributed by atoms with van der Waals surface area (Å²) in [6.07, 6.45) is 5.59. The molecule has 0 N–H and O–H groups in total. The number of rotatable bonds is 9.